The molecule has 1 atom stereocenters. The third-order valence-corrected chi connectivity index (χ3v) is 4.68. The first kappa shape index (κ1) is 17.7. The van der Waals surface area contributed by atoms with Crippen LogP contribution in [0.2, 0.25) is 0 Å². The van der Waals surface area contributed by atoms with Crippen molar-refractivity contribution >= 4 is 15.7 Å². The first-order chi connectivity index (χ1) is 9.67. The van der Waals surface area contributed by atoms with Crippen molar-refractivity contribution in [2.24, 2.45) is 5.92 Å². The van der Waals surface area contributed by atoms with E-state index in [0.29, 0.717) is 12.2 Å². The molecule has 0 radical (unpaired) electrons. The topological polar surface area (TPSA) is 84.7 Å². The van der Waals surface area contributed by atoms with Gasteiger partial charge in [-0.1, -0.05) is 13.8 Å². The van der Waals surface area contributed by atoms with E-state index in [1.807, 2.05) is 32.8 Å². The number of hydrogen-bond donors (Lipinski definition) is 2. The van der Waals surface area contributed by atoms with Crippen molar-refractivity contribution in [3.8, 4) is 5.75 Å². The van der Waals surface area contributed by atoms with Crippen LogP contribution in [-0.2, 0) is 10.0 Å². The van der Waals surface area contributed by atoms with E-state index in [4.69, 9.17) is 10.5 Å². The fraction of sp³-hybridized carbons (Fsp3) is 0.571. The van der Waals surface area contributed by atoms with Crippen molar-refractivity contribution in [3.05, 3.63) is 18.2 Å². The summed E-state index contributed by atoms with van der Waals surface area (Å²) in [5, 5.41) is 0. The molecule has 3 N–H and O–H groups in total. The molecular weight excluding hydrogens is 290 g/mol. The van der Waals surface area contributed by atoms with Crippen molar-refractivity contribution in [2.45, 2.75) is 24.8 Å². The summed E-state index contributed by atoms with van der Waals surface area (Å²) in [6.07, 6.45) is 0. The van der Waals surface area contributed by atoms with Crippen molar-refractivity contribution in [3.63, 3.8) is 0 Å². The molecule has 0 saturated heterocycles. The maximum absolute atomic E-state index is 12.6. The number of sulfonamides is 1. The van der Waals surface area contributed by atoms with Crippen LogP contribution in [0.4, 0.5) is 5.69 Å². The highest BCUT2D eigenvalue weighted by Gasteiger charge is 2.25. The molecule has 0 aliphatic rings. The van der Waals surface area contributed by atoms with Gasteiger partial charge in [-0.05, 0) is 32.1 Å². The first-order valence-electron chi connectivity index (χ1n) is 6.78. The number of likely N-dealkylation sites (N-methyl/N-ethyl adjacent to an activating group) is 1. The minimum absolute atomic E-state index is 0.101. The van der Waals surface area contributed by atoms with Gasteiger partial charge in [0.25, 0.3) is 0 Å². The highest BCUT2D eigenvalue weighted by molar-refractivity contribution is 7.89. The zero-order chi connectivity index (χ0) is 16.2. The number of ether oxygens (including phenoxy) is 1. The Morgan fingerprint density at radius 1 is 1.33 bits per heavy atom. The van der Waals surface area contributed by atoms with Gasteiger partial charge in [-0.25, -0.2) is 13.1 Å². The fourth-order valence-electron chi connectivity index (χ4n) is 1.95. The van der Waals surface area contributed by atoms with Crippen LogP contribution in [0, 0.1) is 5.92 Å². The van der Waals surface area contributed by atoms with E-state index in [9.17, 15) is 8.42 Å². The summed E-state index contributed by atoms with van der Waals surface area (Å²) in [6.45, 7) is 4.59. The average molecular weight is 315 g/mol. The van der Waals surface area contributed by atoms with Crippen LogP contribution in [-0.4, -0.2) is 47.1 Å². The monoisotopic (exact) mass is 315 g/mol. The lowest BCUT2D eigenvalue weighted by molar-refractivity contribution is 0.314. The molecule has 1 aromatic rings. The highest BCUT2D eigenvalue weighted by atomic mass is 32.2. The SMILES string of the molecule is COc1cc(N)ccc1S(=O)(=O)NC(CN(C)C)C(C)C. The lowest BCUT2D eigenvalue weighted by atomic mass is 10.1. The number of benzene rings is 1. The molecule has 0 fully saturated rings. The van der Waals surface area contributed by atoms with E-state index < -0.39 is 10.0 Å². The van der Waals surface area contributed by atoms with Crippen LogP contribution in [0.15, 0.2) is 23.1 Å². The van der Waals surface area contributed by atoms with Crippen molar-refractivity contribution in [2.75, 3.05) is 33.5 Å². The van der Waals surface area contributed by atoms with Gasteiger partial charge in [0.1, 0.15) is 10.6 Å². The van der Waals surface area contributed by atoms with Crippen LogP contribution in [0.5, 0.6) is 5.75 Å². The number of anilines is 1. The van der Waals surface area contributed by atoms with Crippen molar-refractivity contribution < 1.29 is 13.2 Å². The third-order valence-electron chi connectivity index (χ3n) is 3.15. The molecule has 0 aliphatic heterocycles. The number of rotatable bonds is 7. The van der Waals surface area contributed by atoms with Gasteiger partial charge >= 0.3 is 0 Å². The smallest absolute Gasteiger partial charge is 0.244 e. The molecule has 1 unspecified atom stereocenters. The summed E-state index contributed by atoms with van der Waals surface area (Å²) in [4.78, 5) is 2.05. The lowest BCUT2D eigenvalue weighted by Gasteiger charge is -2.25. The van der Waals surface area contributed by atoms with Gasteiger partial charge in [-0.3, -0.25) is 0 Å². The molecule has 0 saturated carbocycles. The maximum atomic E-state index is 12.6. The van der Waals surface area contributed by atoms with E-state index >= 15 is 0 Å². The average Bonchev–Trinajstić information content (AvgIpc) is 2.36. The molecule has 0 amide bonds. The van der Waals surface area contributed by atoms with Gasteiger partial charge < -0.3 is 15.4 Å². The second-order valence-electron chi connectivity index (χ2n) is 5.64. The molecule has 1 rings (SSSR count). The van der Waals surface area contributed by atoms with Gasteiger partial charge in [0.15, 0.2) is 0 Å². The molecule has 0 aliphatic carbocycles. The second kappa shape index (κ2) is 7.11. The lowest BCUT2D eigenvalue weighted by Crippen LogP contribution is -2.44. The van der Waals surface area contributed by atoms with E-state index in [1.54, 1.807) is 6.07 Å². The normalized spacial score (nSPS) is 13.7. The van der Waals surface area contributed by atoms with E-state index in [0.717, 1.165) is 0 Å². The molecular formula is C14H25N3O3S. The Morgan fingerprint density at radius 2 is 1.95 bits per heavy atom. The summed E-state index contributed by atoms with van der Waals surface area (Å²) in [6, 6.07) is 4.33. The van der Waals surface area contributed by atoms with E-state index in [1.165, 1.54) is 19.2 Å². The molecule has 7 heteroatoms. The number of nitrogens with one attached hydrogen (secondary N) is 1. The fourth-order valence-corrected chi connectivity index (χ4v) is 3.47. The summed E-state index contributed by atoms with van der Waals surface area (Å²) >= 11 is 0. The Morgan fingerprint density at radius 3 is 2.43 bits per heavy atom. The van der Waals surface area contributed by atoms with Gasteiger partial charge in [-0.2, -0.15) is 0 Å². The molecule has 120 valence electrons. The summed E-state index contributed by atoms with van der Waals surface area (Å²) in [5.41, 5.74) is 6.12. The Labute approximate surface area is 127 Å². The van der Waals surface area contributed by atoms with Gasteiger partial charge in [0, 0.05) is 24.3 Å². The number of methoxy groups -OCH3 is 1. The van der Waals surface area contributed by atoms with Crippen LogP contribution < -0.4 is 15.2 Å². The number of nitrogen functional groups attached to an aromatic ring is 1. The largest absolute Gasteiger partial charge is 0.495 e. The first-order valence-corrected chi connectivity index (χ1v) is 8.26. The molecule has 0 heterocycles. The minimum Gasteiger partial charge on any atom is -0.495 e. The molecule has 0 aromatic heterocycles. The maximum Gasteiger partial charge on any atom is 0.244 e. The predicted octanol–water partition coefficient (Wildman–Crippen LogP) is 1.14. The molecule has 1 aromatic carbocycles. The molecule has 0 spiro atoms. The van der Waals surface area contributed by atoms with Gasteiger partial charge in [-0.15, -0.1) is 0 Å². The number of hydrogen-bond acceptors (Lipinski definition) is 5. The highest BCUT2D eigenvalue weighted by Crippen LogP contribution is 2.26. The van der Waals surface area contributed by atoms with Crippen molar-refractivity contribution in [1.29, 1.82) is 0 Å². The Balaban J connectivity index is 3.10. The number of nitrogens with two attached hydrogens (primary N) is 1. The molecule has 0 bridgehead atoms. The van der Waals surface area contributed by atoms with E-state index in [2.05, 4.69) is 4.72 Å². The third kappa shape index (κ3) is 4.87. The Kier molecular flexibility index (Phi) is 6.00. The predicted molar refractivity (Wildman–Crippen MR) is 84.9 cm³/mol. The van der Waals surface area contributed by atoms with Crippen molar-refractivity contribution in [1.82, 2.24) is 9.62 Å². The Hall–Kier alpha value is -1.31. The number of nitrogens with zero attached hydrogens (tertiary/aromatic N) is 1. The quantitative estimate of drug-likeness (QED) is 0.737. The minimum atomic E-state index is -3.67. The zero-order valence-corrected chi connectivity index (χ0v) is 14.1. The molecule has 21 heavy (non-hydrogen) atoms. The van der Waals surface area contributed by atoms with E-state index in [-0.39, 0.29) is 22.6 Å². The van der Waals surface area contributed by atoms with Crippen LogP contribution in [0.3, 0.4) is 0 Å². The second-order valence-corrected chi connectivity index (χ2v) is 7.33. The summed E-state index contributed by atoms with van der Waals surface area (Å²) in [7, 11) is 1.58. The molecule has 6 nitrogen and oxygen atoms in total. The van der Waals surface area contributed by atoms with Crippen LogP contribution >= 0.6 is 0 Å². The zero-order valence-electron chi connectivity index (χ0n) is 13.3. The van der Waals surface area contributed by atoms with Gasteiger partial charge in [0.2, 0.25) is 10.0 Å². The summed E-state index contributed by atoms with van der Waals surface area (Å²) in [5.74, 6) is 0.414. The van der Waals surface area contributed by atoms with Crippen LogP contribution in [0.25, 0.3) is 0 Å². The summed E-state index contributed by atoms with van der Waals surface area (Å²) < 4.78 is 33.0. The van der Waals surface area contributed by atoms with Crippen LogP contribution in [0.1, 0.15) is 13.8 Å². The standard InChI is InChI=1S/C14H25N3O3S/c1-10(2)12(9-17(3)4)16-21(18,19)14-7-6-11(15)8-13(14)20-5/h6-8,10,12,16H,9,15H2,1-5H3. The van der Waals surface area contributed by atoms with Gasteiger partial charge in [0.05, 0.1) is 7.11 Å². The Bertz CT molecular complexity index is 571.